The van der Waals surface area contributed by atoms with Crippen molar-refractivity contribution in [3.8, 4) is 5.75 Å². The van der Waals surface area contributed by atoms with Crippen molar-refractivity contribution in [3.63, 3.8) is 0 Å². The van der Waals surface area contributed by atoms with E-state index in [-0.39, 0.29) is 30.8 Å². The molecule has 0 saturated heterocycles. The summed E-state index contributed by atoms with van der Waals surface area (Å²) in [5.41, 5.74) is -0.568. The molecule has 0 amide bonds. The smallest absolute Gasteiger partial charge is 0.389 e. The highest BCUT2D eigenvalue weighted by Crippen LogP contribution is 2.32. The normalized spacial score (nSPS) is 11.3. The van der Waals surface area contributed by atoms with Crippen LogP contribution in [0.2, 0.25) is 0 Å². The Labute approximate surface area is 118 Å². The number of benzene rings is 1. The number of nitrogens with zero attached hydrogens (tertiary/aromatic N) is 1. The molecular weight excluding hydrogens is 296 g/mol. The Morgan fingerprint density at radius 3 is 2.52 bits per heavy atom. The maximum absolute atomic E-state index is 13.6. The van der Waals surface area contributed by atoms with Gasteiger partial charge in [-0.2, -0.15) is 13.2 Å². The Morgan fingerprint density at radius 2 is 2.00 bits per heavy atom. The van der Waals surface area contributed by atoms with Gasteiger partial charge >= 0.3 is 11.9 Å². The van der Waals surface area contributed by atoms with Crippen molar-refractivity contribution in [2.45, 2.75) is 25.4 Å². The number of ether oxygens (including phenoxy) is 1. The van der Waals surface area contributed by atoms with E-state index in [1.165, 1.54) is 7.11 Å². The number of nitro benzene ring substituents is 1. The lowest BCUT2D eigenvalue weighted by Crippen LogP contribution is -2.09. The molecule has 0 fully saturated rings. The summed E-state index contributed by atoms with van der Waals surface area (Å²) in [5.74, 6) is -0.988. The Hall–Kier alpha value is -2.06. The lowest BCUT2D eigenvalue weighted by atomic mass is 10.2. The van der Waals surface area contributed by atoms with Crippen LogP contribution < -0.4 is 10.1 Å². The molecule has 0 aliphatic carbocycles. The molecule has 0 aliphatic rings. The Bertz CT molecular complexity index is 506. The van der Waals surface area contributed by atoms with Crippen LogP contribution in [0.15, 0.2) is 12.1 Å². The molecule has 0 radical (unpaired) electrons. The van der Waals surface area contributed by atoms with E-state index < -0.39 is 29.0 Å². The summed E-state index contributed by atoms with van der Waals surface area (Å²) in [6.07, 6.45) is -5.00. The van der Waals surface area contributed by atoms with Crippen molar-refractivity contribution in [3.05, 3.63) is 28.1 Å². The van der Waals surface area contributed by atoms with E-state index in [4.69, 9.17) is 4.74 Å². The molecule has 118 valence electrons. The third kappa shape index (κ3) is 5.44. The van der Waals surface area contributed by atoms with Gasteiger partial charge in [0.25, 0.3) is 0 Å². The van der Waals surface area contributed by atoms with E-state index in [1.807, 2.05) is 0 Å². The zero-order valence-corrected chi connectivity index (χ0v) is 11.2. The van der Waals surface area contributed by atoms with Gasteiger partial charge in [-0.15, -0.1) is 0 Å². The first-order valence-corrected chi connectivity index (χ1v) is 6.07. The van der Waals surface area contributed by atoms with Crippen molar-refractivity contribution in [2.24, 2.45) is 0 Å². The zero-order valence-electron chi connectivity index (χ0n) is 11.2. The molecule has 0 aromatic heterocycles. The van der Waals surface area contributed by atoms with Crippen LogP contribution in [0.5, 0.6) is 5.75 Å². The zero-order chi connectivity index (χ0) is 16.0. The minimum absolute atomic E-state index is 0.0514. The maximum atomic E-state index is 13.6. The van der Waals surface area contributed by atoms with Gasteiger partial charge in [0.15, 0.2) is 11.6 Å². The van der Waals surface area contributed by atoms with Crippen LogP contribution in [0, 0.1) is 15.9 Å². The van der Waals surface area contributed by atoms with Gasteiger partial charge < -0.3 is 10.1 Å². The topological polar surface area (TPSA) is 64.4 Å². The van der Waals surface area contributed by atoms with E-state index in [1.54, 1.807) is 0 Å². The predicted octanol–water partition coefficient (Wildman–Crippen LogP) is 3.89. The number of unbranched alkanes of at least 4 members (excludes halogenated alkanes) is 1. The highest BCUT2D eigenvalue weighted by atomic mass is 19.4. The Balaban J connectivity index is 2.62. The SMILES string of the molecule is COc1cc(NCCCCC(F)(F)F)c(F)cc1[N+](=O)[O-]. The molecule has 0 aliphatic heterocycles. The maximum Gasteiger partial charge on any atom is 0.389 e. The molecule has 21 heavy (non-hydrogen) atoms. The molecule has 1 aromatic rings. The van der Waals surface area contributed by atoms with Crippen molar-refractivity contribution >= 4 is 11.4 Å². The minimum atomic E-state index is -4.21. The average Bonchev–Trinajstić information content (AvgIpc) is 2.38. The minimum Gasteiger partial charge on any atom is -0.490 e. The van der Waals surface area contributed by atoms with Crippen LogP contribution in [0.1, 0.15) is 19.3 Å². The van der Waals surface area contributed by atoms with Gasteiger partial charge in [-0.05, 0) is 12.8 Å². The highest BCUT2D eigenvalue weighted by Gasteiger charge is 2.25. The summed E-state index contributed by atoms with van der Waals surface area (Å²) in [5, 5.41) is 13.3. The summed E-state index contributed by atoms with van der Waals surface area (Å²) in [6, 6.07) is 1.81. The summed E-state index contributed by atoms with van der Waals surface area (Å²) in [7, 11) is 1.20. The van der Waals surface area contributed by atoms with E-state index in [2.05, 4.69) is 5.32 Å². The Kier molecular flexibility index (Phi) is 5.74. The third-order valence-corrected chi connectivity index (χ3v) is 2.67. The van der Waals surface area contributed by atoms with Gasteiger partial charge in [0.05, 0.1) is 23.8 Å². The molecule has 5 nitrogen and oxygen atoms in total. The second-order valence-electron chi connectivity index (χ2n) is 4.26. The van der Waals surface area contributed by atoms with Crippen LogP contribution in [0.3, 0.4) is 0 Å². The highest BCUT2D eigenvalue weighted by molar-refractivity contribution is 5.59. The van der Waals surface area contributed by atoms with Crippen molar-refractivity contribution in [1.29, 1.82) is 0 Å². The number of nitrogens with one attached hydrogen (secondary N) is 1. The predicted molar refractivity (Wildman–Crippen MR) is 68.0 cm³/mol. The molecule has 0 spiro atoms. The molecule has 0 unspecified atom stereocenters. The van der Waals surface area contributed by atoms with E-state index >= 15 is 0 Å². The number of alkyl halides is 3. The number of hydrogen-bond donors (Lipinski definition) is 1. The number of methoxy groups -OCH3 is 1. The second-order valence-corrected chi connectivity index (χ2v) is 4.26. The van der Waals surface area contributed by atoms with Crippen molar-refractivity contribution in [1.82, 2.24) is 0 Å². The van der Waals surface area contributed by atoms with Crippen LogP contribution in [0.4, 0.5) is 28.9 Å². The van der Waals surface area contributed by atoms with Crippen LogP contribution in [-0.2, 0) is 0 Å². The molecule has 1 aromatic carbocycles. The van der Waals surface area contributed by atoms with E-state index in [0.717, 1.165) is 6.07 Å². The van der Waals surface area contributed by atoms with Gasteiger partial charge in [-0.1, -0.05) is 0 Å². The summed E-state index contributed by atoms with van der Waals surface area (Å²) in [4.78, 5) is 9.89. The van der Waals surface area contributed by atoms with E-state index in [9.17, 15) is 27.7 Å². The molecule has 0 saturated carbocycles. The first-order valence-electron chi connectivity index (χ1n) is 6.07. The Morgan fingerprint density at radius 1 is 1.33 bits per heavy atom. The molecule has 0 atom stereocenters. The fourth-order valence-corrected chi connectivity index (χ4v) is 1.66. The number of nitro groups is 1. The number of anilines is 1. The standard InChI is InChI=1S/C12H14F4N2O3/c1-21-11-7-9(8(13)6-10(11)18(19)20)17-5-3-2-4-12(14,15)16/h6-7,17H,2-5H2,1H3. The van der Waals surface area contributed by atoms with Crippen LogP contribution in [0.25, 0.3) is 0 Å². The summed E-state index contributed by atoms with van der Waals surface area (Å²) < 4.78 is 54.2. The van der Waals surface area contributed by atoms with Crippen molar-refractivity contribution < 1.29 is 27.2 Å². The number of rotatable bonds is 7. The van der Waals surface area contributed by atoms with E-state index in [0.29, 0.717) is 6.07 Å². The quantitative estimate of drug-likeness (QED) is 0.359. The lowest BCUT2D eigenvalue weighted by Gasteiger charge is -2.10. The van der Waals surface area contributed by atoms with Gasteiger partial charge in [0, 0.05) is 19.0 Å². The molecule has 9 heteroatoms. The largest absolute Gasteiger partial charge is 0.490 e. The van der Waals surface area contributed by atoms with Crippen molar-refractivity contribution in [2.75, 3.05) is 19.0 Å². The fourth-order valence-electron chi connectivity index (χ4n) is 1.66. The summed E-state index contributed by atoms with van der Waals surface area (Å²) >= 11 is 0. The molecule has 1 rings (SSSR count). The first kappa shape index (κ1) is 17.0. The monoisotopic (exact) mass is 310 g/mol. The lowest BCUT2D eigenvalue weighted by molar-refractivity contribution is -0.385. The molecule has 0 heterocycles. The van der Waals surface area contributed by atoms with Crippen LogP contribution in [-0.4, -0.2) is 24.8 Å². The first-order chi connectivity index (χ1) is 9.74. The van der Waals surface area contributed by atoms with Gasteiger partial charge in [-0.25, -0.2) is 4.39 Å². The third-order valence-electron chi connectivity index (χ3n) is 2.67. The average molecular weight is 310 g/mol. The summed E-state index contributed by atoms with van der Waals surface area (Å²) in [6.45, 7) is 0.119. The van der Waals surface area contributed by atoms with Gasteiger partial charge in [-0.3, -0.25) is 10.1 Å². The number of halogens is 4. The number of hydrogen-bond acceptors (Lipinski definition) is 4. The molecular formula is C12H14F4N2O3. The second kappa shape index (κ2) is 7.09. The molecule has 0 bridgehead atoms. The van der Waals surface area contributed by atoms with Gasteiger partial charge in [0.2, 0.25) is 0 Å². The van der Waals surface area contributed by atoms with Crippen LogP contribution >= 0.6 is 0 Å². The fraction of sp³-hybridized carbons (Fsp3) is 0.500. The van der Waals surface area contributed by atoms with Gasteiger partial charge in [0.1, 0.15) is 0 Å². The molecule has 1 N–H and O–H groups in total.